The first kappa shape index (κ1) is 35.2. The predicted octanol–water partition coefficient (Wildman–Crippen LogP) is 7.94. The Morgan fingerprint density at radius 3 is 1.29 bits per heavy atom. The maximum Gasteiger partial charge on any atom is 0.176 e. The van der Waals surface area contributed by atoms with Gasteiger partial charge >= 0.3 is 0 Å². The van der Waals surface area contributed by atoms with Crippen LogP contribution < -0.4 is 9.47 Å². The molecule has 0 fully saturated rings. The molecule has 0 radical (unpaired) electrons. The first-order chi connectivity index (χ1) is 18.3. The van der Waals surface area contributed by atoms with E-state index in [-0.39, 0.29) is 10.8 Å². The van der Waals surface area contributed by atoms with Crippen molar-refractivity contribution in [2.24, 2.45) is 0 Å². The highest BCUT2D eigenvalue weighted by Crippen LogP contribution is 2.54. The van der Waals surface area contributed by atoms with Gasteiger partial charge in [0.1, 0.15) is 13.2 Å². The first-order valence-corrected chi connectivity index (χ1v) is 15.9. The van der Waals surface area contributed by atoms with Gasteiger partial charge in [-0.2, -0.15) is 0 Å². The number of thiophene rings is 1. The number of unbranched alkanes of at least 4 members (excludes halogenated alkanes) is 2. The van der Waals surface area contributed by atoms with Crippen molar-refractivity contribution < 1.29 is 28.4 Å². The molecule has 0 saturated carbocycles. The molecule has 0 spiro atoms. The minimum Gasteiger partial charge on any atom is -0.486 e. The van der Waals surface area contributed by atoms with Crippen LogP contribution in [0.15, 0.2) is 0 Å². The zero-order valence-corrected chi connectivity index (χ0v) is 26.7. The summed E-state index contributed by atoms with van der Waals surface area (Å²) in [6.45, 7) is 24.0. The second-order valence-electron chi connectivity index (χ2n) is 10.8. The SMILES string of the molecule is CCCCOCCOCCOc1c(C(C)(C)CC)sc(C(C)(CC)CC)c1OCCOCCOCCCC. The van der Waals surface area contributed by atoms with E-state index in [1.54, 1.807) is 0 Å². The summed E-state index contributed by atoms with van der Waals surface area (Å²) in [4.78, 5) is 2.54. The van der Waals surface area contributed by atoms with Gasteiger partial charge in [-0.05, 0) is 32.1 Å². The highest BCUT2D eigenvalue weighted by molar-refractivity contribution is 7.13. The van der Waals surface area contributed by atoms with E-state index in [1.807, 2.05) is 11.3 Å². The summed E-state index contributed by atoms with van der Waals surface area (Å²) in [7, 11) is 0. The van der Waals surface area contributed by atoms with Gasteiger partial charge in [-0.3, -0.25) is 0 Å². The van der Waals surface area contributed by atoms with E-state index < -0.39 is 0 Å². The van der Waals surface area contributed by atoms with E-state index in [4.69, 9.17) is 28.4 Å². The number of hydrogen-bond acceptors (Lipinski definition) is 7. The predicted molar refractivity (Wildman–Crippen MR) is 160 cm³/mol. The molecule has 0 aromatic carbocycles. The molecule has 1 rings (SSSR count). The topological polar surface area (TPSA) is 55.4 Å². The molecule has 38 heavy (non-hydrogen) atoms. The summed E-state index contributed by atoms with van der Waals surface area (Å²) in [6, 6.07) is 0. The Kier molecular flexibility index (Phi) is 18.6. The normalized spacial score (nSPS) is 12.3. The summed E-state index contributed by atoms with van der Waals surface area (Å²) in [5, 5.41) is 0. The molecular formula is C31H58O6S. The van der Waals surface area contributed by atoms with Crippen LogP contribution in [0.5, 0.6) is 11.5 Å². The Bertz CT molecular complexity index is 713. The van der Waals surface area contributed by atoms with Crippen molar-refractivity contribution in [3.8, 4) is 11.5 Å². The summed E-state index contributed by atoms with van der Waals surface area (Å²) >= 11 is 1.86. The van der Waals surface area contributed by atoms with E-state index in [1.165, 1.54) is 9.75 Å². The standard InChI is InChI=1S/C31H58O6S/c1-9-14-16-32-18-20-34-22-24-36-26-27(37-25-23-35-21-19-33-17-15-10-2)29(31(8,12-4)13-5)38-28(26)30(6,7)11-3/h9-25H2,1-8H3. The second-order valence-corrected chi connectivity index (χ2v) is 11.8. The summed E-state index contributed by atoms with van der Waals surface area (Å²) in [6.07, 6.45) is 7.57. The van der Waals surface area contributed by atoms with Crippen molar-refractivity contribution in [3.05, 3.63) is 9.75 Å². The summed E-state index contributed by atoms with van der Waals surface area (Å²) in [5.74, 6) is 1.78. The lowest BCUT2D eigenvalue weighted by atomic mass is 9.82. The molecule has 1 aromatic rings. The Morgan fingerprint density at radius 2 is 0.895 bits per heavy atom. The summed E-state index contributed by atoms with van der Waals surface area (Å²) < 4.78 is 35.7. The molecule has 0 unspecified atom stereocenters. The molecule has 0 aliphatic rings. The van der Waals surface area contributed by atoms with Crippen molar-refractivity contribution in [2.45, 2.75) is 111 Å². The third-order valence-corrected chi connectivity index (χ3v) is 9.23. The van der Waals surface area contributed by atoms with Crippen molar-refractivity contribution in [1.82, 2.24) is 0 Å². The van der Waals surface area contributed by atoms with Crippen LogP contribution in [0.3, 0.4) is 0 Å². The van der Waals surface area contributed by atoms with Crippen molar-refractivity contribution >= 4 is 11.3 Å². The minimum atomic E-state index is -0.0148. The molecule has 224 valence electrons. The quantitative estimate of drug-likeness (QED) is 0.114. The van der Waals surface area contributed by atoms with Crippen LogP contribution in [-0.4, -0.2) is 66.1 Å². The van der Waals surface area contributed by atoms with Crippen LogP contribution in [0.1, 0.15) is 110 Å². The number of ether oxygens (including phenoxy) is 6. The fraction of sp³-hybridized carbons (Fsp3) is 0.871. The Morgan fingerprint density at radius 1 is 0.500 bits per heavy atom. The molecule has 0 atom stereocenters. The van der Waals surface area contributed by atoms with Gasteiger partial charge in [0.05, 0.1) is 49.4 Å². The third-order valence-electron chi connectivity index (χ3n) is 7.41. The highest BCUT2D eigenvalue weighted by atomic mass is 32.1. The van der Waals surface area contributed by atoms with Gasteiger partial charge in [0, 0.05) is 24.0 Å². The van der Waals surface area contributed by atoms with E-state index in [9.17, 15) is 0 Å². The molecule has 7 heteroatoms. The highest BCUT2D eigenvalue weighted by Gasteiger charge is 2.37. The smallest absolute Gasteiger partial charge is 0.176 e. The van der Waals surface area contributed by atoms with Gasteiger partial charge in [0.15, 0.2) is 11.5 Å². The van der Waals surface area contributed by atoms with Crippen molar-refractivity contribution in [2.75, 3.05) is 66.1 Å². The van der Waals surface area contributed by atoms with Gasteiger partial charge in [-0.25, -0.2) is 0 Å². The molecule has 0 amide bonds. The molecule has 0 aliphatic carbocycles. The molecule has 0 bridgehead atoms. The van der Waals surface area contributed by atoms with Crippen LogP contribution in [0.4, 0.5) is 0 Å². The Labute approximate surface area is 238 Å². The third kappa shape index (κ3) is 12.1. The molecule has 0 aliphatic heterocycles. The van der Waals surface area contributed by atoms with Gasteiger partial charge in [0.25, 0.3) is 0 Å². The fourth-order valence-corrected chi connectivity index (χ4v) is 5.43. The Balaban J connectivity index is 2.91. The van der Waals surface area contributed by atoms with E-state index >= 15 is 0 Å². The van der Waals surface area contributed by atoms with Crippen molar-refractivity contribution in [3.63, 3.8) is 0 Å². The lowest BCUT2D eigenvalue weighted by Crippen LogP contribution is -2.20. The zero-order chi connectivity index (χ0) is 28.3. The maximum atomic E-state index is 6.48. The van der Waals surface area contributed by atoms with E-state index in [0.29, 0.717) is 52.9 Å². The van der Waals surface area contributed by atoms with Gasteiger partial charge in [0.2, 0.25) is 0 Å². The van der Waals surface area contributed by atoms with Gasteiger partial charge < -0.3 is 28.4 Å². The second kappa shape index (κ2) is 20.1. The van der Waals surface area contributed by atoms with Crippen LogP contribution in [0, 0.1) is 0 Å². The van der Waals surface area contributed by atoms with Crippen molar-refractivity contribution in [1.29, 1.82) is 0 Å². The number of rotatable bonds is 25. The van der Waals surface area contributed by atoms with Crippen LogP contribution >= 0.6 is 11.3 Å². The zero-order valence-electron chi connectivity index (χ0n) is 25.9. The average Bonchev–Trinajstić information content (AvgIpc) is 3.30. The van der Waals surface area contributed by atoms with Crippen LogP contribution in [0.2, 0.25) is 0 Å². The largest absolute Gasteiger partial charge is 0.486 e. The first-order valence-electron chi connectivity index (χ1n) is 15.0. The molecule has 1 heterocycles. The molecule has 1 aromatic heterocycles. The number of hydrogen-bond donors (Lipinski definition) is 0. The minimum absolute atomic E-state index is 0.0148. The molecule has 0 saturated heterocycles. The monoisotopic (exact) mass is 558 g/mol. The fourth-order valence-electron chi connectivity index (χ4n) is 3.78. The molecular weight excluding hydrogens is 500 g/mol. The lowest BCUT2D eigenvalue weighted by molar-refractivity contribution is 0.0321. The Hall–Kier alpha value is -0.860. The molecule has 0 N–H and O–H groups in total. The van der Waals surface area contributed by atoms with Crippen LogP contribution in [-0.2, 0) is 29.8 Å². The van der Waals surface area contributed by atoms with Gasteiger partial charge in [-0.15, -0.1) is 11.3 Å². The van der Waals surface area contributed by atoms with E-state index in [0.717, 1.165) is 69.7 Å². The van der Waals surface area contributed by atoms with Crippen LogP contribution in [0.25, 0.3) is 0 Å². The lowest BCUT2D eigenvalue weighted by Gasteiger charge is -2.27. The maximum absolute atomic E-state index is 6.48. The van der Waals surface area contributed by atoms with E-state index in [2.05, 4.69) is 55.4 Å². The molecule has 6 nitrogen and oxygen atoms in total. The summed E-state index contributed by atoms with van der Waals surface area (Å²) in [5.41, 5.74) is 0.0134. The average molecular weight is 559 g/mol. The van der Waals surface area contributed by atoms with Gasteiger partial charge in [-0.1, -0.05) is 68.2 Å².